The maximum Gasteiger partial charge on any atom is 0.251 e. The SMILES string of the molecule is COc1ccc(-n2nc(C)c3sc(N4CCC(NC(=O)c5ccc(C)cc5C)CC4)nc32)cc1. The molecule has 1 N–H and O–H groups in total. The number of aryl methyl sites for hydroxylation is 3. The molecular formula is C26H29N5O2S. The van der Waals surface area contributed by atoms with Crippen molar-refractivity contribution < 1.29 is 9.53 Å². The molecule has 176 valence electrons. The van der Waals surface area contributed by atoms with Gasteiger partial charge in [-0.05, 0) is 69.5 Å². The molecule has 1 aliphatic heterocycles. The van der Waals surface area contributed by atoms with Crippen LogP contribution in [-0.4, -0.2) is 46.9 Å². The largest absolute Gasteiger partial charge is 0.497 e. The van der Waals surface area contributed by atoms with E-state index >= 15 is 0 Å². The fourth-order valence-corrected chi connectivity index (χ4v) is 5.55. The number of carbonyl (C=O) groups excluding carboxylic acids is 1. The Hall–Kier alpha value is -3.39. The second-order valence-corrected chi connectivity index (χ2v) is 9.88. The van der Waals surface area contributed by atoms with E-state index in [2.05, 4.69) is 16.3 Å². The molecule has 1 fully saturated rings. The van der Waals surface area contributed by atoms with Crippen LogP contribution in [0.4, 0.5) is 5.13 Å². The molecule has 34 heavy (non-hydrogen) atoms. The summed E-state index contributed by atoms with van der Waals surface area (Å²) >= 11 is 1.69. The summed E-state index contributed by atoms with van der Waals surface area (Å²) < 4.78 is 8.28. The van der Waals surface area contributed by atoms with Gasteiger partial charge in [-0.2, -0.15) is 10.1 Å². The van der Waals surface area contributed by atoms with Crippen LogP contribution >= 0.6 is 11.3 Å². The number of nitrogens with one attached hydrogen (secondary N) is 1. The number of piperidine rings is 1. The lowest BCUT2D eigenvalue weighted by Crippen LogP contribution is -2.44. The molecule has 0 saturated carbocycles. The van der Waals surface area contributed by atoms with Crippen molar-refractivity contribution in [2.75, 3.05) is 25.1 Å². The molecule has 0 aliphatic carbocycles. The third-order valence-electron chi connectivity index (χ3n) is 6.42. The second kappa shape index (κ2) is 9.10. The van der Waals surface area contributed by atoms with Crippen LogP contribution in [-0.2, 0) is 0 Å². The van der Waals surface area contributed by atoms with Gasteiger partial charge in [0.2, 0.25) is 0 Å². The number of aromatic nitrogens is 3. The highest BCUT2D eigenvalue weighted by Gasteiger charge is 2.25. The van der Waals surface area contributed by atoms with Crippen LogP contribution in [0.25, 0.3) is 16.0 Å². The van der Waals surface area contributed by atoms with Crippen molar-refractivity contribution in [3.63, 3.8) is 0 Å². The Morgan fingerprint density at radius 3 is 2.50 bits per heavy atom. The van der Waals surface area contributed by atoms with Crippen molar-refractivity contribution in [2.45, 2.75) is 39.7 Å². The van der Waals surface area contributed by atoms with Gasteiger partial charge in [-0.3, -0.25) is 4.79 Å². The summed E-state index contributed by atoms with van der Waals surface area (Å²) in [7, 11) is 1.66. The van der Waals surface area contributed by atoms with E-state index in [1.165, 1.54) is 5.56 Å². The number of carbonyl (C=O) groups is 1. The van der Waals surface area contributed by atoms with Gasteiger partial charge in [-0.25, -0.2) is 4.68 Å². The lowest BCUT2D eigenvalue weighted by atomic mass is 10.0. The van der Waals surface area contributed by atoms with Crippen LogP contribution in [0.5, 0.6) is 5.75 Å². The molecule has 3 heterocycles. The molecule has 0 radical (unpaired) electrons. The molecule has 0 spiro atoms. The maximum absolute atomic E-state index is 12.8. The van der Waals surface area contributed by atoms with Gasteiger partial charge in [-0.1, -0.05) is 29.0 Å². The van der Waals surface area contributed by atoms with E-state index in [-0.39, 0.29) is 11.9 Å². The molecule has 0 bridgehead atoms. The molecular weight excluding hydrogens is 446 g/mol. The smallest absolute Gasteiger partial charge is 0.251 e. The van der Waals surface area contributed by atoms with Gasteiger partial charge in [0.15, 0.2) is 10.8 Å². The molecule has 2 aromatic carbocycles. The van der Waals surface area contributed by atoms with Crippen LogP contribution in [0.2, 0.25) is 0 Å². The molecule has 0 atom stereocenters. The zero-order chi connectivity index (χ0) is 23.8. The molecule has 0 unspecified atom stereocenters. The average Bonchev–Trinajstić information content (AvgIpc) is 3.40. The summed E-state index contributed by atoms with van der Waals surface area (Å²) in [5.41, 5.74) is 5.77. The summed E-state index contributed by atoms with van der Waals surface area (Å²) in [6, 6.07) is 14.0. The van der Waals surface area contributed by atoms with Crippen LogP contribution in [0.3, 0.4) is 0 Å². The molecule has 1 saturated heterocycles. The van der Waals surface area contributed by atoms with Gasteiger partial charge >= 0.3 is 0 Å². The fourth-order valence-electron chi connectivity index (χ4n) is 4.51. The number of methoxy groups -OCH3 is 1. The highest BCUT2D eigenvalue weighted by atomic mass is 32.1. The number of thiazole rings is 1. The number of rotatable bonds is 5. The molecule has 1 amide bonds. The van der Waals surface area contributed by atoms with Crippen molar-refractivity contribution in [3.8, 4) is 11.4 Å². The van der Waals surface area contributed by atoms with Crippen LogP contribution in [0, 0.1) is 20.8 Å². The molecule has 5 rings (SSSR count). The van der Waals surface area contributed by atoms with Crippen molar-refractivity contribution in [2.24, 2.45) is 0 Å². The zero-order valence-electron chi connectivity index (χ0n) is 20.0. The Morgan fingerprint density at radius 2 is 1.82 bits per heavy atom. The third-order valence-corrected chi connectivity index (χ3v) is 7.64. The number of anilines is 1. The standard InChI is InChI=1S/C26H29N5O2S/c1-16-5-10-22(17(2)15-16)25(32)27-19-11-13-30(14-12-19)26-28-24-23(34-26)18(3)29-31(24)20-6-8-21(33-4)9-7-20/h5-10,15,19H,11-14H2,1-4H3,(H,27,32). The molecule has 1 aliphatic rings. The molecule has 7 nitrogen and oxygen atoms in total. The first-order chi connectivity index (χ1) is 16.4. The summed E-state index contributed by atoms with van der Waals surface area (Å²) in [5.74, 6) is 0.835. The van der Waals surface area contributed by atoms with E-state index in [1.54, 1.807) is 18.4 Å². The number of ether oxygens (including phenoxy) is 1. The van der Waals surface area contributed by atoms with E-state index in [0.717, 1.165) is 69.7 Å². The first kappa shape index (κ1) is 22.4. The summed E-state index contributed by atoms with van der Waals surface area (Å²) in [5, 5.41) is 8.95. The van der Waals surface area contributed by atoms with Gasteiger partial charge in [-0.15, -0.1) is 0 Å². The Balaban J connectivity index is 1.28. The predicted octanol–water partition coefficient (Wildman–Crippen LogP) is 4.81. The average molecular weight is 476 g/mol. The number of benzene rings is 2. The minimum absolute atomic E-state index is 0.0196. The predicted molar refractivity (Wildman–Crippen MR) is 137 cm³/mol. The van der Waals surface area contributed by atoms with E-state index in [0.29, 0.717) is 0 Å². The van der Waals surface area contributed by atoms with Gasteiger partial charge in [0.05, 0.1) is 23.2 Å². The highest BCUT2D eigenvalue weighted by Crippen LogP contribution is 2.34. The third kappa shape index (κ3) is 4.25. The van der Waals surface area contributed by atoms with Crippen molar-refractivity contribution in [1.29, 1.82) is 0 Å². The summed E-state index contributed by atoms with van der Waals surface area (Å²) in [6.45, 7) is 7.79. The lowest BCUT2D eigenvalue weighted by molar-refractivity contribution is 0.0930. The van der Waals surface area contributed by atoms with Gasteiger partial charge in [0, 0.05) is 24.7 Å². The van der Waals surface area contributed by atoms with E-state index in [9.17, 15) is 4.79 Å². The Kier molecular flexibility index (Phi) is 6.00. The lowest BCUT2D eigenvalue weighted by Gasteiger charge is -2.32. The quantitative estimate of drug-likeness (QED) is 0.448. The monoisotopic (exact) mass is 475 g/mol. The van der Waals surface area contributed by atoms with Gasteiger partial charge in [0.1, 0.15) is 5.75 Å². The van der Waals surface area contributed by atoms with Crippen LogP contribution in [0.15, 0.2) is 42.5 Å². The molecule has 8 heteroatoms. The molecule has 4 aromatic rings. The number of hydrogen-bond acceptors (Lipinski definition) is 6. The van der Waals surface area contributed by atoms with Crippen LogP contribution in [0.1, 0.15) is 40.0 Å². The van der Waals surface area contributed by atoms with Gasteiger partial charge in [0.25, 0.3) is 5.91 Å². The van der Waals surface area contributed by atoms with Crippen molar-refractivity contribution in [3.05, 3.63) is 64.8 Å². The Bertz CT molecular complexity index is 1330. The second-order valence-electron chi connectivity index (χ2n) is 8.90. The van der Waals surface area contributed by atoms with E-state index < -0.39 is 0 Å². The summed E-state index contributed by atoms with van der Waals surface area (Å²) in [6.07, 6.45) is 1.80. The number of amides is 1. The zero-order valence-corrected chi connectivity index (χ0v) is 20.8. The first-order valence-electron chi connectivity index (χ1n) is 11.6. The fraction of sp³-hybridized carbons (Fsp3) is 0.346. The topological polar surface area (TPSA) is 72.3 Å². The first-order valence-corrected chi connectivity index (χ1v) is 12.4. The Morgan fingerprint density at radius 1 is 1.09 bits per heavy atom. The molecule has 2 aromatic heterocycles. The van der Waals surface area contributed by atoms with E-state index in [1.807, 2.05) is 61.9 Å². The van der Waals surface area contributed by atoms with E-state index in [4.69, 9.17) is 14.8 Å². The number of fused-ring (bicyclic) bond motifs is 1. The minimum Gasteiger partial charge on any atom is -0.497 e. The van der Waals surface area contributed by atoms with Gasteiger partial charge < -0.3 is 15.0 Å². The minimum atomic E-state index is 0.0196. The Labute approximate surface area is 203 Å². The van der Waals surface area contributed by atoms with Crippen LogP contribution < -0.4 is 15.0 Å². The van der Waals surface area contributed by atoms with Crippen molar-refractivity contribution in [1.82, 2.24) is 20.1 Å². The van der Waals surface area contributed by atoms with Crippen molar-refractivity contribution >= 4 is 32.7 Å². The highest BCUT2D eigenvalue weighted by molar-refractivity contribution is 7.22. The number of hydrogen-bond donors (Lipinski definition) is 1. The normalized spacial score (nSPS) is 14.5. The summed E-state index contributed by atoms with van der Waals surface area (Å²) in [4.78, 5) is 20.1. The number of nitrogens with zero attached hydrogens (tertiary/aromatic N) is 4. The maximum atomic E-state index is 12.8.